The zero-order valence-electron chi connectivity index (χ0n) is 10.7. The van der Waals surface area contributed by atoms with Crippen molar-refractivity contribution in [2.75, 3.05) is 20.7 Å². The van der Waals surface area contributed by atoms with Crippen LogP contribution in [0.25, 0.3) is 0 Å². The van der Waals surface area contributed by atoms with E-state index >= 15 is 0 Å². The molecule has 1 rings (SSSR count). The Labute approximate surface area is 108 Å². The molecular weight excluding hydrogens is 228 g/mol. The summed E-state index contributed by atoms with van der Waals surface area (Å²) >= 11 is 0. The van der Waals surface area contributed by atoms with E-state index in [-0.39, 0.29) is 12.6 Å². The third-order valence-corrected chi connectivity index (χ3v) is 2.45. The van der Waals surface area contributed by atoms with Crippen LogP contribution < -0.4 is 5.32 Å². The monoisotopic (exact) mass is 246 g/mol. The molecule has 0 fully saturated rings. The molecule has 2 N–H and O–H groups in total. The summed E-state index contributed by atoms with van der Waals surface area (Å²) in [5.74, 6) is 5.90. The Morgan fingerprint density at radius 1 is 1.44 bits per heavy atom. The lowest BCUT2D eigenvalue weighted by molar-refractivity contribution is 0.209. The molecule has 0 bridgehead atoms. The van der Waals surface area contributed by atoms with E-state index < -0.39 is 0 Å². The van der Waals surface area contributed by atoms with Gasteiger partial charge in [0.2, 0.25) is 0 Å². The number of benzene rings is 1. The van der Waals surface area contributed by atoms with Crippen molar-refractivity contribution in [2.45, 2.75) is 13.0 Å². The molecule has 1 aromatic rings. The molecule has 2 amide bonds. The summed E-state index contributed by atoms with van der Waals surface area (Å²) in [6.45, 7) is 0.566. The van der Waals surface area contributed by atoms with E-state index in [2.05, 4.69) is 17.2 Å². The van der Waals surface area contributed by atoms with Crippen molar-refractivity contribution in [3.63, 3.8) is 0 Å². The number of carbonyl (C=O) groups excluding carboxylic acids is 1. The summed E-state index contributed by atoms with van der Waals surface area (Å²) in [4.78, 5) is 13.0. The number of aliphatic hydroxyl groups excluding tert-OH is 1. The van der Waals surface area contributed by atoms with Crippen LogP contribution in [0.15, 0.2) is 24.3 Å². The topological polar surface area (TPSA) is 52.6 Å². The summed E-state index contributed by atoms with van der Waals surface area (Å²) < 4.78 is 0. The lowest BCUT2D eigenvalue weighted by atomic mass is 10.1. The molecule has 0 aromatic heterocycles. The molecule has 0 atom stereocenters. The lowest BCUT2D eigenvalue weighted by Crippen LogP contribution is -2.34. The molecule has 0 saturated heterocycles. The molecule has 96 valence electrons. The fourth-order valence-electron chi connectivity index (χ4n) is 1.51. The maximum Gasteiger partial charge on any atom is 0.317 e. The number of nitrogens with one attached hydrogen (secondary N) is 1. The standard InChI is InChI=1S/C14H18N2O2/c1-15-14(18)16(2)11-13-9-4-3-7-12(13)8-5-6-10-17/h3-4,7,9,17H,6,10-11H2,1-2H3,(H,15,18). The second-order valence-electron chi connectivity index (χ2n) is 3.84. The van der Waals surface area contributed by atoms with Crippen LogP contribution in [0, 0.1) is 11.8 Å². The molecule has 4 nitrogen and oxygen atoms in total. The number of hydrogen-bond donors (Lipinski definition) is 2. The zero-order chi connectivity index (χ0) is 13.4. The fraction of sp³-hybridized carbons (Fsp3) is 0.357. The third kappa shape index (κ3) is 4.11. The van der Waals surface area contributed by atoms with Gasteiger partial charge in [-0.05, 0) is 11.6 Å². The highest BCUT2D eigenvalue weighted by atomic mass is 16.2. The Morgan fingerprint density at radius 2 is 2.17 bits per heavy atom. The molecule has 0 aliphatic rings. The third-order valence-electron chi connectivity index (χ3n) is 2.45. The van der Waals surface area contributed by atoms with E-state index in [0.29, 0.717) is 13.0 Å². The van der Waals surface area contributed by atoms with Gasteiger partial charge in [0.15, 0.2) is 0 Å². The quantitative estimate of drug-likeness (QED) is 0.787. The average Bonchev–Trinajstić information content (AvgIpc) is 2.40. The molecule has 0 radical (unpaired) electrons. The van der Waals surface area contributed by atoms with Crippen LogP contribution in [0.2, 0.25) is 0 Å². The summed E-state index contributed by atoms with van der Waals surface area (Å²) in [6, 6.07) is 7.56. The van der Waals surface area contributed by atoms with E-state index in [9.17, 15) is 4.79 Å². The number of aliphatic hydroxyl groups is 1. The number of urea groups is 1. The minimum Gasteiger partial charge on any atom is -0.395 e. The molecule has 0 aliphatic carbocycles. The number of amides is 2. The number of carbonyl (C=O) groups is 1. The van der Waals surface area contributed by atoms with Gasteiger partial charge in [-0.2, -0.15) is 0 Å². The van der Waals surface area contributed by atoms with Crippen molar-refractivity contribution in [1.29, 1.82) is 0 Å². The SMILES string of the molecule is CNC(=O)N(C)Cc1ccccc1C#CCCO. The Balaban J connectivity index is 2.83. The molecule has 1 aromatic carbocycles. The first kappa shape index (κ1) is 14.1. The minimum atomic E-state index is -0.131. The van der Waals surface area contributed by atoms with Gasteiger partial charge in [-0.25, -0.2) is 4.79 Å². The van der Waals surface area contributed by atoms with Crippen LogP contribution in [0.5, 0.6) is 0 Å². The summed E-state index contributed by atoms with van der Waals surface area (Å²) in [5.41, 5.74) is 1.88. The average molecular weight is 246 g/mol. The predicted molar refractivity (Wildman–Crippen MR) is 70.9 cm³/mol. The van der Waals surface area contributed by atoms with Gasteiger partial charge in [-0.3, -0.25) is 0 Å². The van der Waals surface area contributed by atoms with Crippen molar-refractivity contribution in [3.05, 3.63) is 35.4 Å². The maximum atomic E-state index is 11.4. The molecule has 0 aliphatic heterocycles. The number of rotatable bonds is 3. The van der Waals surface area contributed by atoms with Crippen LogP contribution in [0.4, 0.5) is 4.79 Å². The van der Waals surface area contributed by atoms with Crippen molar-refractivity contribution in [2.24, 2.45) is 0 Å². The Bertz CT molecular complexity index is 460. The number of nitrogens with zero attached hydrogens (tertiary/aromatic N) is 1. The van der Waals surface area contributed by atoms with Crippen molar-refractivity contribution >= 4 is 6.03 Å². The van der Waals surface area contributed by atoms with Gasteiger partial charge in [-0.1, -0.05) is 30.0 Å². The summed E-state index contributed by atoms with van der Waals surface area (Å²) in [7, 11) is 3.34. The van der Waals surface area contributed by atoms with E-state index in [1.807, 2.05) is 24.3 Å². The van der Waals surface area contributed by atoms with Crippen molar-refractivity contribution in [1.82, 2.24) is 10.2 Å². The molecule has 0 unspecified atom stereocenters. The second kappa shape index (κ2) is 7.36. The van der Waals surface area contributed by atoms with Crippen LogP contribution >= 0.6 is 0 Å². The number of hydrogen-bond acceptors (Lipinski definition) is 2. The maximum absolute atomic E-state index is 11.4. The van der Waals surface area contributed by atoms with E-state index in [0.717, 1.165) is 11.1 Å². The van der Waals surface area contributed by atoms with E-state index in [1.54, 1.807) is 19.0 Å². The van der Waals surface area contributed by atoms with E-state index in [1.165, 1.54) is 0 Å². The van der Waals surface area contributed by atoms with E-state index in [4.69, 9.17) is 5.11 Å². The Kier molecular flexibility index (Phi) is 5.75. The van der Waals surface area contributed by atoms with Gasteiger partial charge < -0.3 is 15.3 Å². The smallest absolute Gasteiger partial charge is 0.317 e. The van der Waals surface area contributed by atoms with Gasteiger partial charge in [0.05, 0.1) is 6.61 Å². The highest BCUT2D eigenvalue weighted by Gasteiger charge is 2.08. The Hall–Kier alpha value is -1.99. The summed E-state index contributed by atoms with van der Waals surface area (Å²) in [5, 5.41) is 11.3. The highest BCUT2D eigenvalue weighted by molar-refractivity contribution is 5.73. The normalized spacial score (nSPS) is 9.28. The lowest BCUT2D eigenvalue weighted by Gasteiger charge is -2.17. The first-order chi connectivity index (χ1) is 8.69. The first-order valence-corrected chi connectivity index (χ1v) is 5.79. The molecule has 0 saturated carbocycles. The van der Waals surface area contributed by atoms with Crippen LogP contribution in [-0.4, -0.2) is 36.7 Å². The molecule has 4 heteroatoms. The second-order valence-corrected chi connectivity index (χ2v) is 3.84. The Morgan fingerprint density at radius 3 is 2.83 bits per heavy atom. The molecule has 0 heterocycles. The van der Waals surface area contributed by atoms with Gasteiger partial charge in [0.25, 0.3) is 0 Å². The molecule has 18 heavy (non-hydrogen) atoms. The van der Waals surface area contributed by atoms with Crippen molar-refractivity contribution in [3.8, 4) is 11.8 Å². The van der Waals surface area contributed by atoms with Crippen molar-refractivity contribution < 1.29 is 9.90 Å². The molecule has 0 spiro atoms. The summed E-state index contributed by atoms with van der Waals surface area (Å²) in [6.07, 6.45) is 0.458. The van der Waals surface area contributed by atoms with Crippen LogP contribution in [-0.2, 0) is 6.54 Å². The predicted octanol–water partition coefficient (Wildman–Crippen LogP) is 1.19. The first-order valence-electron chi connectivity index (χ1n) is 5.79. The molecular formula is C14H18N2O2. The zero-order valence-corrected chi connectivity index (χ0v) is 10.7. The van der Waals surface area contributed by atoms with Gasteiger partial charge in [0.1, 0.15) is 0 Å². The fourth-order valence-corrected chi connectivity index (χ4v) is 1.51. The van der Waals surface area contributed by atoms with Gasteiger partial charge >= 0.3 is 6.03 Å². The van der Waals surface area contributed by atoms with Gasteiger partial charge in [-0.15, -0.1) is 0 Å². The van der Waals surface area contributed by atoms with Crippen LogP contribution in [0.3, 0.4) is 0 Å². The highest BCUT2D eigenvalue weighted by Crippen LogP contribution is 2.10. The minimum absolute atomic E-state index is 0.0628. The largest absolute Gasteiger partial charge is 0.395 e. The van der Waals surface area contributed by atoms with Crippen LogP contribution in [0.1, 0.15) is 17.5 Å². The van der Waals surface area contributed by atoms with Gasteiger partial charge in [0, 0.05) is 32.6 Å².